The van der Waals surface area contributed by atoms with Crippen LogP contribution in [0.15, 0.2) is 157 Å². The molecule has 0 radical (unpaired) electrons. The Bertz CT molecular complexity index is 3170. The molecular formula is C40H26N6. The number of fused-ring (bicyclic) bond motifs is 4. The third-order valence-electron chi connectivity index (χ3n) is 7.56. The van der Waals surface area contributed by atoms with Crippen LogP contribution in [0.1, 0.15) is 17.8 Å². The fourth-order valence-corrected chi connectivity index (χ4v) is 5.59. The van der Waals surface area contributed by atoms with E-state index in [1.54, 1.807) is 24.3 Å². The number of aromatic nitrogens is 6. The second-order valence-electron chi connectivity index (χ2n) is 10.2. The number of nitrogens with zero attached hydrogens (tertiary/aromatic N) is 6. The van der Waals surface area contributed by atoms with E-state index in [0.717, 1.165) is 10.1 Å². The Morgan fingerprint density at radius 1 is 0.457 bits per heavy atom. The lowest BCUT2D eigenvalue weighted by atomic mass is 10.1. The minimum absolute atomic E-state index is 0.110. The molecule has 9 aromatic rings. The highest BCUT2D eigenvalue weighted by Gasteiger charge is 2.21. The van der Waals surface area contributed by atoms with Gasteiger partial charge in [-0.15, -0.1) is 0 Å². The maximum Gasteiger partial charge on any atom is 0.238 e. The fourth-order valence-electron chi connectivity index (χ4n) is 5.59. The highest BCUT2D eigenvalue weighted by molar-refractivity contribution is 6.09. The summed E-state index contributed by atoms with van der Waals surface area (Å²) in [6, 6.07) is 15.8. The van der Waals surface area contributed by atoms with Crippen LogP contribution in [-0.4, -0.2) is 29.1 Å². The molecule has 0 spiro atoms. The standard InChI is InChI=1S/C40H26N6/c1-3-15-27(16-4-1)37-42-38(44-40(43-37)46-33-23-11-7-19-29(33)30-20-8-12-24-34(30)46)31-21-9-13-25-35(31)45-36-26-14-10-22-32(36)41-39(45)28-17-5-2-6-18-28/h1-26H/i1D,3D,4D,7D,8D,11D,12D,15D,16D,19D,20D,23D,24D. The first-order chi connectivity index (χ1) is 28.2. The molecule has 6 nitrogen and oxygen atoms in total. The van der Waals surface area contributed by atoms with Crippen LogP contribution in [0.3, 0.4) is 0 Å². The van der Waals surface area contributed by atoms with Crippen molar-refractivity contribution in [2.75, 3.05) is 0 Å². The predicted molar refractivity (Wildman–Crippen MR) is 185 cm³/mol. The molecule has 3 aromatic heterocycles. The van der Waals surface area contributed by atoms with Crippen molar-refractivity contribution in [1.82, 2.24) is 29.1 Å². The molecule has 6 aromatic carbocycles. The van der Waals surface area contributed by atoms with Gasteiger partial charge in [0.15, 0.2) is 11.6 Å². The summed E-state index contributed by atoms with van der Waals surface area (Å²) >= 11 is 0. The van der Waals surface area contributed by atoms with Crippen molar-refractivity contribution >= 4 is 32.8 Å². The van der Waals surface area contributed by atoms with Crippen LogP contribution >= 0.6 is 0 Å². The summed E-state index contributed by atoms with van der Waals surface area (Å²) in [5.74, 6) is -0.373. The monoisotopic (exact) mass is 603 g/mol. The first kappa shape index (κ1) is 16.1. The molecule has 216 valence electrons. The first-order valence-corrected chi connectivity index (χ1v) is 14.2. The first-order valence-electron chi connectivity index (χ1n) is 20.7. The molecule has 0 N–H and O–H groups in total. The van der Waals surface area contributed by atoms with E-state index in [0.29, 0.717) is 28.1 Å². The Balaban J connectivity index is 1.46. The molecule has 0 aliphatic carbocycles. The van der Waals surface area contributed by atoms with E-state index >= 15 is 0 Å². The van der Waals surface area contributed by atoms with E-state index in [-0.39, 0.29) is 27.6 Å². The number of hydrogen-bond acceptors (Lipinski definition) is 4. The molecule has 3 heterocycles. The van der Waals surface area contributed by atoms with E-state index in [1.807, 2.05) is 59.2 Å². The lowest BCUT2D eigenvalue weighted by molar-refractivity contribution is 0.951. The van der Waals surface area contributed by atoms with Crippen molar-refractivity contribution in [1.29, 1.82) is 0 Å². The quantitative estimate of drug-likeness (QED) is 0.197. The summed E-state index contributed by atoms with van der Waals surface area (Å²) in [5.41, 5.74) is 2.07. The van der Waals surface area contributed by atoms with Crippen LogP contribution in [0.5, 0.6) is 0 Å². The number of rotatable bonds is 5. The van der Waals surface area contributed by atoms with Gasteiger partial charge >= 0.3 is 0 Å². The highest BCUT2D eigenvalue weighted by Crippen LogP contribution is 2.35. The van der Waals surface area contributed by atoms with Crippen LogP contribution in [0, 0.1) is 0 Å². The molecule has 46 heavy (non-hydrogen) atoms. The Hall–Kier alpha value is -6.40. The molecular weight excluding hydrogens is 564 g/mol. The fraction of sp³-hybridized carbons (Fsp3) is 0. The van der Waals surface area contributed by atoms with Crippen molar-refractivity contribution in [2.45, 2.75) is 0 Å². The summed E-state index contributed by atoms with van der Waals surface area (Å²) in [6.07, 6.45) is 0. The zero-order valence-electron chi connectivity index (χ0n) is 36.7. The molecule has 9 rings (SSSR count). The zero-order chi connectivity index (χ0) is 41.8. The molecule has 0 fully saturated rings. The van der Waals surface area contributed by atoms with Gasteiger partial charge < -0.3 is 0 Å². The largest absolute Gasteiger partial charge is 0.292 e. The van der Waals surface area contributed by atoms with Gasteiger partial charge in [-0.3, -0.25) is 9.13 Å². The summed E-state index contributed by atoms with van der Waals surface area (Å²) in [6.45, 7) is 0. The van der Waals surface area contributed by atoms with Crippen molar-refractivity contribution in [2.24, 2.45) is 0 Å². The van der Waals surface area contributed by atoms with Crippen molar-refractivity contribution in [3.63, 3.8) is 0 Å². The molecule has 0 aliphatic heterocycles. The molecule has 0 amide bonds. The highest BCUT2D eigenvalue weighted by atomic mass is 15.2. The summed E-state index contributed by atoms with van der Waals surface area (Å²) in [5, 5.41) is -0.441. The summed E-state index contributed by atoms with van der Waals surface area (Å²) < 4.78 is 116. The lowest BCUT2D eigenvalue weighted by Crippen LogP contribution is -2.08. The predicted octanol–water partition coefficient (Wildman–Crippen LogP) is 9.31. The Kier molecular flexibility index (Phi) is 3.72. The second-order valence-corrected chi connectivity index (χ2v) is 10.2. The normalized spacial score (nSPS) is 15.4. The molecule has 0 aliphatic rings. The maximum absolute atomic E-state index is 9.05. The minimum Gasteiger partial charge on any atom is -0.292 e. The number of para-hydroxylation sites is 5. The Morgan fingerprint density at radius 3 is 1.87 bits per heavy atom. The van der Waals surface area contributed by atoms with Crippen LogP contribution in [0.25, 0.3) is 78.6 Å². The molecule has 0 unspecified atom stereocenters. The van der Waals surface area contributed by atoms with Crippen LogP contribution in [0.4, 0.5) is 0 Å². The van der Waals surface area contributed by atoms with E-state index in [2.05, 4.69) is 4.98 Å². The Morgan fingerprint density at radius 2 is 1.09 bits per heavy atom. The SMILES string of the molecule is [2H]c1c([2H])c([2H])c(-c2nc(-c3ccccc3-n3c(-c4ccccc4)nc4ccccc43)nc(-n3c4c([2H])c([2H])c([2H])c([2H])c4c4c([2H])c([2H])c([2H])c([2H])c43)n2)c([2H])c1[2H]. The number of imidazole rings is 1. The maximum atomic E-state index is 9.05. The van der Waals surface area contributed by atoms with Gasteiger partial charge in [-0.05, 0) is 36.4 Å². The van der Waals surface area contributed by atoms with E-state index in [4.69, 9.17) is 32.8 Å². The minimum atomic E-state index is -0.664. The van der Waals surface area contributed by atoms with Gasteiger partial charge in [-0.2, -0.15) is 9.97 Å². The zero-order valence-corrected chi connectivity index (χ0v) is 23.7. The van der Waals surface area contributed by atoms with E-state index in [9.17, 15) is 0 Å². The Labute approximate surface area is 283 Å². The average molecular weight is 604 g/mol. The van der Waals surface area contributed by atoms with E-state index in [1.165, 1.54) is 0 Å². The van der Waals surface area contributed by atoms with Gasteiger partial charge in [0.05, 0.1) is 45.6 Å². The molecule has 0 bridgehead atoms. The van der Waals surface area contributed by atoms with Gasteiger partial charge in [0.25, 0.3) is 0 Å². The molecule has 0 atom stereocenters. The van der Waals surface area contributed by atoms with Crippen molar-refractivity contribution < 1.29 is 17.8 Å². The molecule has 6 heteroatoms. The topological polar surface area (TPSA) is 61.4 Å². The van der Waals surface area contributed by atoms with E-state index < -0.39 is 95.9 Å². The van der Waals surface area contributed by atoms with Gasteiger partial charge in [0.1, 0.15) is 5.82 Å². The number of benzene rings is 6. The number of hydrogen-bond donors (Lipinski definition) is 0. The van der Waals surface area contributed by atoms with Crippen LogP contribution in [0.2, 0.25) is 0 Å². The summed E-state index contributed by atoms with van der Waals surface area (Å²) in [4.78, 5) is 19.1. The smallest absolute Gasteiger partial charge is 0.238 e. The molecule has 0 saturated heterocycles. The third-order valence-corrected chi connectivity index (χ3v) is 7.56. The van der Waals surface area contributed by atoms with Gasteiger partial charge in [-0.1, -0.05) is 121 Å². The summed E-state index contributed by atoms with van der Waals surface area (Å²) in [7, 11) is 0. The van der Waals surface area contributed by atoms with Gasteiger partial charge in [0.2, 0.25) is 5.95 Å². The van der Waals surface area contributed by atoms with Crippen molar-refractivity contribution in [3.8, 4) is 45.8 Å². The van der Waals surface area contributed by atoms with Crippen LogP contribution < -0.4 is 0 Å². The van der Waals surface area contributed by atoms with Gasteiger partial charge in [0, 0.05) is 27.5 Å². The third kappa shape index (κ3) is 4.19. The average Bonchev–Trinajstić information content (AvgIpc) is 3.83. The van der Waals surface area contributed by atoms with Crippen molar-refractivity contribution in [3.05, 3.63) is 157 Å². The van der Waals surface area contributed by atoms with Crippen LogP contribution in [-0.2, 0) is 0 Å². The second kappa shape index (κ2) is 10.6. The lowest BCUT2D eigenvalue weighted by Gasteiger charge is -2.15. The van der Waals surface area contributed by atoms with Gasteiger partial charge in [-0.25, -0.2) is 9.97 Å². The molecule has 0 saturated carbocycles.